The summed E-state index contributed by atoms with van der Waals surface area (Å²) in [6.45, 7) is 6.86. The van der Waals surface area contributed by atoms with Gasteiger partial charge in [-0.25, -0.2) is 9.97 Å². The van der Waals surface area contributed by atoms with E-state index in [1.807, 2.05) is 31.4 Å². The quantitative estimate of drug-likeness (QED) is 0.843. The molecule has 2 saturated heterocycles. The van der Waals surface area contributed by atoms with Crippen LogP contribution in [0.1, 0.15) is 45.1 Å². The second-order valence-electron chi connectivity index (χ2n) is 7.54. The second-order valence-corrected chi connectivity index (χ2v) is 7.54. The molecule has 132 valence electrons. The van der Waals surface area contributed by atoms with Gasteiger partial charge in [0.2, 0.25) is 11.9 Å². The fourth-order valence-corrected chi connectivity index (χ4v) is 4.08. The zero-order chi connectivity index (χ0) is 17.3. The van der Waals surface area contributed by atoms with Crippen LogP contribution in [0, 0.1) is 0 Å². The van der Waals surface area contributed by atoms with Crippen molar-refractivity contribution in [1.29, 1.82) is 0 Å². The minimum absolute atomic E-state index is 0.278. The van der Waals surface area contributed by atoms with E-state index in [1.165, 1.54) is 0 Å². The topological polar surface area (TPSA) is 52.6 Å². The maximum Gasteiger partial charge on any atom is 0.243 e. The molecule has 3 rings (SSSR count). The van der Waals surface area contributed by atoms with Gasteiger partial charge in [-0.15, -0.1) is 0 Å². The number of amides is 1. The van der Waals surface area contributed by atoms with Gasteiger partial charge in [0, 0.05) is 51.2 Å². The fraction of sp³-hybridized carbons (Fsp3) is 0.722. The van der Waals surface area contributed by atoms with E-state index < -0.39 is 0 Å². The lowest BCUT2D eigenvalue weighted by Gasteiger charge is -2.46. The smallest absolute Gasteiger partial charge is 0.243 e. The number of carbonyl (C=O) groups is 1. The number of likely N-dealkylation sites (tertiary alicyclic amines) is 2. The Morgan fingerprint density at radius 3 is 2.38 bits per heavy atom. The van der Waals surface area contributed by atoms with Gasteiger partial charge in [0.15, 0.2) is 0 Å². The highest BCUT2D eigenvalue weighted by atomic mass is 16.2. The maximum atomic E-state index is 13.2. The monoisotopic (exact) mass is 331 g/mol. The van der Waals surface area contributed by atoms with Crippen LogP contribution < -0.4 is 4.90 Å². The lowest BCUT2D eigenvalue weighted by Crippen LogP contribution is -2.61. The summed E-state index contributed by atoms with van der Waals surface area (Å²) in [7, 11) is 3.87. The second kappa shape index (κ2) is 6.67. The van der Waals surface area contributed by atoms with E-state index in [9.17, 15) is 4.79 Å². The predicted molar refractivity (Wildman–Crippen MR) is 94.8 cm³/mol. The van der Waals surface area contributed by atoms with Crippen molar-refractivity contribution < 1.29 is 4.79 Å². The molecule has 1 aromatic rings. The Kier molecular flexibility index (Phi) is 4.76. The molecule has 24 heavy (non-hydrogen) atoms. The van der Waals surface area contributed by atoms with Gasteiger partial charge in [-0.3, -0.25) is 9.69 Å². The van der Waals surface area contributed by atoms with Crippen molar-refractivity contribution in [2.24, 2.45) is 0 Å². The Bertz CT molecular complexity index is 586. The van der Waals surface area contributed by atoms with E-state index in [4.69, 9.17) is 0 Å². The number of anilines is 1. The molecule has 0 saturated carbocycles. The molecule has 1 amide bonds. The molecular formula is C18H29N5O. The summed E-state index contributed by atoms with van der Waals surface area (Å²) in [6.07, 6.45) is 7.92. The molecule has 0 N–H and O–H groups in total. The Hall–Kier alpha value is -1.69. The van der Waals surface area contributed by atoms with Crippen LogP contribution in [0.3, 0.4) is 0 Å². The highest BCUT2D eigenvalue weighted by Crippen LogP contribution is 2.39. The van der Waals surface area contributed by atoms with Gasteiger partial charge in [-0.2, -0.15) is 0 Å². The van der Waals surface area contributed by atoms with Crippen LogP contribution >= 0.6 is 0 Å². The van der Waals surface area contributed by atoms with E-state index in [0.29, 0.717) is 5.91 Å². The molecule has 0 radical (unpaired) electrons. The Labute approximate surface area is 144 Å². The van der Waals surface area contributed by atoms with E-state index in [1.54, 1.807) is 0 Å². The summed E-state index contributed by atoms with van der Waals surface area (Å²) in [5.74, 6) is 1.04. The normalized spacial score (nSPS) is 25.0. The molecule has 0 aliphatic carbocycles. The fourth-order valence-electron chi connectivity index (χ4n) is 4.08. The van der Waals surface area contributed by atoms with Crippen LogP contribution in [0.25, 0.3) is 0 Å². The van der Waals surface area contributed by atoms with Gasteiger partial charge in [0.1, 0.15) is 5.54 Å². The molecule has 6 nitrogen and oxygen atoms in total. The minimum atomic E-state index is -0.303. The number of nitrogens with zero attached hydrogens (tertiary/aromatic N) is 5. The summed E-state index contributed by atoms with van der Waals surface area (Å²) < 4.78 is 0. The molecule has 0 aromatic carbocycles. The van der Waals surface area contributed by atoms with E-state index in [2.05, 4.69) is 33.6 Å². The first-order chi connectivity index (χ1) is 11.4. The van der Waals surface area contributed by atoms with Gasteiger partial charge in [-0.1, -0.05) is 0 Å². The molecule has 1 unspecified atom stereocenters. The molecule has 1 aromatic heterocycles. The van der Waals surface area contributed by atoms with Crippen molar-refractivity contribution in [1.82, 2.24) is 19.8 Å². The minimum Gasteiger partial charge on any atom is -0.347 e. The predicted octanol–water partition coefficient (Wildman–Crippen LogP) is 1.91. The Morgan fingerprint density at radius 1 is 1.17 bits per heavy atom. The Balaban J connectivity index is 1.78. The van der Waals surface area contributed by atoms with Crippen LogP contribution in [0.15, 0.2) is 12.4 Å². The molecule has 2 fully saturated rings. The highest BCUT2D eigenvalue weighted by Gasteiger charge is 2.51. The number of rotatable bonds is 4. The third-order valence-corrected chi connectivity index (χ3v) is 5.36. The molecule has 3 heterocycles. The van der Waals surface area contributed by atoms with Gasteiger partial charge < -0.3 is 9.80 Å². The zero-order valence-corrected chi connectivity index (χ0v) is 15.3. The molecule has 2 aliphatic heterocycles. The van der Waals surface area contributed by atoms with Gasteiger partial charge in [0.05, 0.1) is 0 Å². The number of carbonyl (C=O) groups excluding carboxylic acids is 1. The average molecular weight is 331 g/mol. The van der Waals surface area contributed by atoms with Crippen LogP contribution in [-0.2, 0) is 11.3 Å². The molecule has 0 bridgehead atoms. The van der Waals surface area contributed by atoms with Crippen LogP contribution in [-0.4, -0.2) is 64.4 Å². The highest BCUT2D eigenvalue weighted by molar-refractivity contribution is 5.87. The average Bonchev–Trinajstić information content (AvgIpc) is 2.94. The maximum absolute atomic E-state index is 13.2. The Morgan fingerprint density at radius 2 is 1.79 bits per heavy atom. The molecular weight excluding hydrogens is 302 g/mol. The van der Waals surface area contributed by atoms with Gasteiger partial charge in [-0.05, 0) is 46.1 Å². The van der Waals surface area contributed by atoms with E-state index in [0.717, 1.165) is 56.8 Å². The van der Waals surface area contributed by atoms with Crippen molar-refractivity contribution in [2.75, 3.05) is 32.1 Å². The third kappa shape index (κ3) is 2.99. The standard InChI is InChI=1S/C18H29N5O/c1-14(2)23-10-6-8-18(16(23)24)7-5-9-22(18)13-15-11-19-17(20-12-15)21(3)4/h11-12,14H,5-10,13H2,1-4H3. The SMILES string of the molecule is CC(C)N1CCCC2(CCCN2Cc2cnc(N(C)C)nc2)C1=O. The van der Waals surface area contributed by atoms with Gasteiger partial charge in [0.25, 0.3) is 0 Å². The number of hydrogen-bond acceptors (Lipinski definition) is 5. The van der Waals surface area contributed by atoms with Crippen LogP contribution in [0.5, 0.6) is 0 Å². The number of piperidine rings is 1. The summed E-state index contributed by atoms with van der Waals surface area (Å²) >= 11 is 0. The number of aromatic nitrogens is 2. The lowest BCUT2D eigenvalue weighted by atomic mass is 9.84. The van der Waals surface area contributed by atoms with Crippen molar-refractivity contribution in [2.45, 2.75) is 57.7 Å². The van der Waals surface area contributed by atoms with Crippen LogP contribution in [0.2, 0.25) is 0 Å². The molecule has 2 aliphatic rings. The summed E-state index contributed by atoms with van der Waals surface area (Å²) in [5.41, 5.74) is 0.777. The first kappa shape index (κ1) is 17.1. The first-order valence-electron chi connectivity index (χ1n) is 8.98. The third-order valence-electron chi connectivity index (χ3n) is 5.36. The van der Waals surface area contributed by atoms with Crippen molar-refractivity contribution in [3.8, 4) is 0 Å². The molecule has 1 spiro atoms. The van der Waals surface area contributed by atoms with E-state index in [-0.39, 0.29) is 11.6 Å². The molecule has 1 atom stereocenters. The van der Waals surface area contributed by atoms with E-state index >= 15 is 0 Å². The van der Waals surface area contributed by atoms with Crippen molar-refractivity contribution >= 4 is 11.9 Å². The summed E-state index contributed by atoms with van der Waals surface area (Å²) in [5, 5.41) is 0. The summed E-state index contributed by atoms with van der Waals surface area (Å²) in [4.78, 5) is 28.3. The molecule has 6 heteroatoms. The van der Waals surface area contributed by atoms with Crippen LogP contribution in [0.4, 0.5) is 5.95 Å². The lowest BCUT2D eigenvalue weighted by molar-refractivity contribution is -0.149. The number of hydrogen-bond donors (Lipinski definition) is 0. The van der Waals surface area contributed by atoms with Crippen molar-refractivity contribution in [3.63, 3.8) is 0 Å². The van der Waals surface area contributed by atoms with Gasteiger partial charge >= 0.3 is 0 Å². The largest absolute Gasteiger partial charge is 0.347 e. The zero-order valence-electron chi connectivity index (χ0n) is 15.3. The van der Waals surface area contributed by atoms with Crippen molar-refractivity contribution in [3.05, 3.63) is 18.0 Å². The first-order valence-corrected chi connectivity index (χ1v) is 8.98. The summed E-state index contributed by atoms with van der Waals surface area (Å²) in [6, 6.07) is 0.278.